The van der Waals surface area contributed by atoms with Crippen LogP contribution in [0.1, 0.15) is 65.0 Å². The third-order valence-electron chi connectivity index (χ3n) is 4.76. The zero-order chi connectivity index (χ0) is 15.5. The van der Waals surface area contributed by atoms with Crippen molar-refractivity contribution >= 4 is 11.6 Å². The van der Waals surface area contributed by atoms with Gasteiger partial charge in [0.15, 0.2) is 0 Å². The van der Waals surface area contributed by atoms with Crippen molar-refractivity contribution in [1.82, 2.24) is 5.32 Å². The van der Waals surface area contributed by atoms with E-state index in [1.807, 2.05) is 18.2 Å². The van der Waals surface area contributed by atoms with Crippen LogP contribution in [0.4, 0.5) is 0 Å². The van der Waals surface area contributed by atoms with E-state index >= 15 is 0 Å². The van der Waals surface area contributed by atoms with Crippen molar-refractivity contribution in [3.63, 3.8) is 0 Å². The first kappa shape index (κ1) is 16.6. The Morgan fingerprint density at radius 2 is 2.14 bits per heavy atom. The fourth-order valence-electron chi connectivity index (χ4n) is 3.34. The van der Waals surface area contributed by atoms with Gasteiger partial charge in [-0.2, -0.15) is 0 Å². The van der Waals surface area contributed by atoms with Gasteiger partial charge in [-0.15, -0.1) is 0 Å². The van der Waals surface area contributed by atoms with Gasteiger partial charge < -0.3 is 10.1 Å². The summed E-state index contributed by atoms with van der Waals surface area (Å²) in [7, 11) is 0. The van der Waals surface area contributed by atoms with Crippen molar-refractivity contribution in [3.8, 4) is 5.75 Å². The molecule has 1 aromatic rings. The maximum absolute atomic E-state index is 6.47. The van der Waals surface area contributed by atoms with Gasteiger partial charge in [0, 0.05) is 23.0 Å². The Morgan fingerprint density at radius 1 is 1.38 bits per heavy atom. The Bertz CT molecular complexity index is 476. The summed E-state index contributed by atoms with van der Waals surface area (Å²) in [5.74, 6) is 1.68. The number of nitrogens with one attached hydrogen (secondary N) is 1. The molecule has 0 aromatic heterocycles. The Labute approximate surface area is 134 Å². The predicted octanol–water partition coefficient (Wildman–Crippen LogP) is 5.36. The Morgan fingerprint density at radius 3 is 2.76 bits per heavy atom. The topological polar surface area (TPSA) is 21.3 Å². The van der Waals surface area contributed by atoms with E-state index in [1.54, 1.807) is 0 Å². The van der Waals surface area contributed by atoms with Gasteiger partial charge >= 0.3 is 0 Å². The maximum atomic E-state index is 6.47. The average Bonchev–Trinajstić information content (AvgIpc) is 2.48. The van der Waals surface area contributed by atoms with E-state index in [4.69, 9.17) is 16.3 Å². The molecule has 0 aliphatic carbocycles. The maximum Gasteiger partial charge on any atom is 0.125 e. The summed E-state index contributed by atoms with van der Waals surface area (Å²) in [6, 6.07) is 6.34. The van der Waals surface area contributed by atoms with Gasteiger partial charge in [0.1, 0.15) is 11.4 Å². The summed E-state index contributed by atoms with van der Waals surface area (Å²) in [4.78, 5) is 0. The number of hydrogen-bond donors (Lipinski definition) is 1. The van der Waals surface area contributed by atoms with Crippen molar-refractivity contribution in [2.45, 2.75) is 65.0 Å². The van der Waals surface area contributed by atoms with Crippen molar-refractivity contribution in [2.75, 3.05) is 6.54 Å². The highest BCUT2D eigenvalue weighted by molar-refractivity contribution is 6.30. The second-order valence-electron chi connectivity index (χ2n) is 6.35. The van der Waals surface area contributed by atoms with Crippen molar-refractivity contribution in [1.29, 1.82) is 0 Å². The van der Waals surface area contributed by atoms with E-state index in [-0.39, 0.29) is 5.60 Å². The summed E-state index contributed by atoms with van der Waals surface area (Å²) >= 11 is 6.17. The number of benzene rings is 1. The van der Waals surface area contributed by atoms with Crippen LogP contribution in [0.5, 0.6) is 5.75 Å². The molecule has 0 amide bonds. The average molecular weight is 310 g/mol. The lowest BCUT2D eigenvalue weighted by Crippen LogP contribution is -2.45. The quantitative estimate of drug-likeness (QED) is 0.764. The highest BCUT2D eigenvalue weighted by Crippen LogP contribution is 2.45. The second kappa shape index (κ2) is 7.02. The Kier molecular flexibility index (Phi) is 5.56. The summed E-state index contributed by atoms with van der Waals surface area (Å²) in [6.45, 7) is 9.93. The van der Waals surface area contributed by atoms with Crippen molar-refractivity contribution in [2.24, 2.45) is 5.92 Å². The molecule has 1 N–H and O–H groups in total. The molecule has 3 unspecified atom stereocenters. The molecule has 118 valence electrons. The highest BCUT2D eigenvalue weighted by atomic mass is 35.5. The molecular formula is C18H28ClNO. The molecule has 1 aliphatic heterocycles. The van der Waals surface area contributed by atoms with Gasteiger partial charge in [-0.3, -0.25) is 0 Å². The predicted molar refractivity (Wildman–Crippen MR) is 90.2 cm³/mol. The first-order valence-electron chi connectivity index (χ1n) is 8.25. The number of halogens is 1. The summed E-state index contributed by atoms with van der Waals surface area (Å²) in [6.07, 6.45) is 4.38. The van der Waals surface area contributed by atoms with E-state index in [0.29, 0.717) is 12.0 Å². The molecule has 0 saturated carbocycles. The van der Waals surface area contributed by atoms with E-state index in [9.17, 15) is 0 Å². The lowest BCUT2D eigenvalue weighted by Gasteiger charge is -2.43. The minimum Gasteiger partial charge on any atom is -0.487 e. The largest absolute Gasteiger partial charge is 0.487 e. The number of fused-ring (bicyclic) bond motifs is 1. The van der Waals surface area contributed by atoms with Crippen LogP contribution in [0.25, 0.3) is 0 Å². The van der Waals surface area contributed by atoms with Gasteiger partial charge in [0.25, 0.3) is 0 Å². The van der Waals surface area contributed by atoms with Crippen LogP contribution in [-0.2, 0) is 0 Å². The highest BCUT2D eigenvalue weighted by Gasteiger charge is 2.40. The molecule has 3 atom stereocenters. The third-order valence-corrected chi connectivity index (χ3v) is 5.00. The smallest absolute Gasteiger partial charge is 0.125 e. The Hall–Kier alpha value is -0.730. The standard InChI is InChI=1S/C18H28ClNO/c1-5-13(4)11-18(6-2)12-16(20-7-3)15-10-14(19)8-9-17(15)21-18/h8-10,13,16,20H,5-7,11-12H2,1-4H3. The van der Waals surface area contributed by atoms with Gasteiger partial charge in [-0.1, -0.05) is 45.7 Å². The van der Waals surface area contributed by atoms with Crippen LogP contribution in [0.2, 0.25) is 5.02 Å². The fraction of sp³-hybridized carbons (Fsp3) is 0.667. The molecule has 1 heterocycles. The normalized spacial score (nSPS) is 26.0. The van der Waals surface area contributed by atoms with E-state index in [0.717, 1.165) is 36.6 Å². The van der Waals surface area contributed by atoms with Crippen LogP contribution in [0.15, 0.2) is 18.2 Å². The molecule has 0 saturated heterocycles. The van der Waals surface area contributed by atoms with Gasteiger partial charge in [-0.05, 0) is 43.5 Å². The molecule has 0 radical (unpaired) electrons. The first-order valence-corrected chi connectivity index (χ1v) is 8.63. The van der Waals surface area contributed by atoms with Crippen LogP contribution in [0, 0.1) is 5.92 Å². The minimum atomic E-state index is -0.0525. The fourth-order valence-corrected chi connectivity index (χ4v) is 3.52. The summed E-state index contributed by atoms with van der Waals surface area (Å²) in [5.41, 5.74) is 1.15. The summed E-state index contributed by atoms with van der Waals surface area (Å²) < 4.78 is 6.47. The van der Waals surface area contributed by atoms with E-state index in [2.05, 4.69) is 33.0 Å². The summed E-state index contributed by atoms with van der Waals surface area (Å²) in [5, 5.41) is 4.39. The molecule has 0 fully saturated rings. The number of rotatable bonds is 6. The van der Waals surface area contributed by atoms with Crippen LogP contribution < -0.4 is 10.1 Å². The molecule has 21 heavy (non-hydrogen) atoms. The lowest BCUT2D eigenvalue weighted by atomic mass is 9.79. The van der Waals surface area contributed by atoms with E-state index < -0.39 is 0 Å². The molecular weight excluding hydrogens is 282 g/mol. The van der Waals surface area contributed by atoms with Crippen LogP contribution >= 0.6 is 11.6 Å². The second-order valence-corrected chi connectivity index (χ2v) is 6.79. The van der Waals surface area contributed by atoms with Crippen LogP contribution in [0.3, 0.4) is 0 Å². The van der Waals surface area contributed by atoms with Crippen molar-refractivity contribution < 1.29 is 4.74 Å². The molecule has 2 rings (SSSR count). The van der Waals surface area contributed by atoms with E-state index in [1.165, 1.54) is 12.0 Å². The molecule has 1 aliphatic rings. The zero-order valence-electron chi connectivity index (χ0n) is 13.7. The van der Waals surface area contributed by atoms with Crippen LogP contribution in [-0.4, -0.2) is 12.1 Å². The first-order chi connectivity index (χ1) is 10.0. The third kappa shape index (κ3) is 3.73. The van der Waals surface area contributed by atoms with Gasteiger partial charge in [0.2, 0.25) is 0 Å². The van der Waals surface area contributed by atoms with Gasteiger partial charge in [0.05, 0.1) is 0 Å². The molecule has 2 nitrogen and oxygen atoms in total. The monoisotopic (exact) mass is 309 g/mol. The number of hydrogen-bond acceptors (Lipinski definition) is 2. The SMILES string of the molecule is CCNC1CC(CC)(CC(C)CC)Oc2ccc(Cl)cc21. The molecule has 0 spiro atoms. The van der Waals surface area contributed by atoms with Gasteiger partial charge in [-0.25, -0.2) is 0 Å². The van der Waals surface area contributed by atoms with Crippen molar-refractivity contribution in [3.05, 3.63) is 28.8 Å². The minimum absolute atomic E-state index is 0.0525. The molecule has 3 heteroatoms. The molecule has 1 aromatic carbocycles. The zero-order valence-corrected chi connectivity index (χ0v) is 14.5. The Balaban J connectivity index is 2.34. The number of ether oxygens (including phenoxy) is 1. The lowest BCUT2D eigenvalue weighted by molar-refractivity contribution is 0.00583. The molecule has 0 bridgehead atoms.